The predicted octanol–water partition coefficient (Wildman–Crippen LogP) is 2.84. The average molecular weight is 320 g/mol. The quantitative estimate of drug-likeness (QED) is 0.881. The van der Waals surface area contributed by atoms with Crippen molar-refractivity contribution in [1.29, 1.82) is 0 Å². The summed E-state index contributed by atoms with van der Waals surface area (Å²) in [6, 6.07) is 7.75. The van der Waals surface area contributed by atoms with Crippen molar-refractivity contribution >= 4 is 27.9 Å². The van der Waals surface area contributed by atoms with E-state index in [1.807, 2.05) is 24.3 Å². The molecule has 1 heterocycles. The first kappa shape index (κ1) is 13.5. The van der Waals surface area contributed by atoms with E-state index >= 15 is 0 Å². The first-order chi connectivity index (χ1) is 9.16. The first-order valence-corrected chi connectivity index (χ1v) is 6.62. The third-order valence-corrected chi connectivity index (χ3v) is 3.35. The summed E-state index contributed by atoms with van der Waals surface area (Å²) >= 11 is 3.44. The van der Waals surface area contributed by atoms with Gasteiger partial charge in [-0.2, -0.15) is 0 Å². The van der Waals surface area contributed by atoms with Crippen molar-refractivity contribution in [3.05, 3.63) is 58.6 Å². The first-order valence-electron chi connectivity index (χ1n) is 5.83. The molecule has 4 nitrogen and oxygen atoms in total. The maximum atomic E-state index is 11.9. The Labute approximate surface area is 120 Å². The molecular weight excluding hydrogens is 306 g/mol. The van der Waals surface area contributed by atoms with E-state index in [4.69, 9.17) is 0 Å². The lowest BCUT2D eigenvalue weighted by Crippen LogP contribution is -2.24. The molecule has 1 amide bonds. The molecule has 1 aromatic heterocycles. The number of amides is 1. The highest BCUT2D eigenvalue weighted by Gasteiger charge is 2.07. The number of rotatable bonds is 4. The number of hydrogen-bond donors (Lipinski definition) is 1. The molecule has 0 spiro atoms. The molecular formula is C14H14BrN3O. The zero-order valence-electron chi connectivity index (χ0n) is 10.5. The lowest BCUT2D eigenvalue weighted by molar-refractivity contribution is -0.125. The molecule has 1 aromatic carbocycles. The van der Waals surface area contributed by atoms with Crippen LogP contribution in [0.2, 0.25) is 0 Å². The van der Waals surface area contributed by atoms with Gasteiger partial charge >= 0.3 is 0 Å². The standard InChI is InChI=1S/C14H14BrN3O/c1-18(10-13-16-8-9-17-13)14(19)7-6-11-4-2-3-5-12(11)15/h2-9H,10H2,1H3,(H,16,17). The van der Waals surface area contributed by atoms with Gasteiger partial charge in [0.15, 0.2) is 0 Å². The zero-order valence-corrected chi connectivity index (χ0v) is 12.1. The minimum absolute atomic E-state index is 0.0628. The number of H-pyrrole nitrogens is 1. The summed E-state index contributed by atoms with van der Waals surface area (Å²) in [6.07, 6.45) is 6.77. The number of carbonyl (C=O) groups is 1. The van der Waals surface area contributed by atoms with E-state index in [1.54, 1.807) is 36.5 Å². The molecule has 0 aliphatic heterocycles. The van der Waals surface area contributed by atoms with Crippen LogP contribution in [-0.2, 0) is 11.3 Å². The van der Waals surface area contributed by atoms with Crippen LogP contribution in [-0.4, -0.2) is 27.8 Å². The van der Waals surface area contributed by atoms with Gasteiger partial charge in [0.2, 0.25) is 5.91 Å². The number of hydrogen-bond acceptors (Lipinski definition) is 2. The van der Waals surface area contributed by atoms with Gasteiger partial charge in [-0.3, -0.25) is 4.79 Å². The molecule has 2 aromatic rings. The normalized spacial score (nSPS) is 10.8. The van der Waals surface area contributed by atoms with Crippen LogP contribution in [0, 0.1) is 0 Å². The van der Waals surface area contributed by atoms with Crippen LogP contribution < -0.4 is 0 Å². The van der Waals surface area contributed by atoms with E-state index in [1.165, 1.54) is 0 Å². The van der Waals surface area contributed by atoms with E-state index in [9.17, 15) is 4.79 Å². The summed E-state index contributed by atoms with van der Waals surface area (Å²) in [7, 11) is 1.75. The van der Waals surface area contributed by atoms with E-state index < -0.39 is 0 Å². The molecule has 0 radical (unpaired) electrons. The van der Waals surface area contributed by atoms with Gasteiger partial charge in [0, 0.05) is 30.0 Å². The molecule has 0 bridgehead atoms. The Morgan fingerprint density at radius 3 is 2.95 bits per heavy atom. The fourth-order valence-corrected chi connectivity index (χ4v) is 2.00. The number of likely N-dealkylation sites (N-methyl/N-ethyl adjacent to an activating group) is 1. The second kappa shape index (κ2) is 6.33. The van der Waals surface area contributed by atoms with Crippen molar-refractivity contribution < 1.29 is 4.79 Å². The van der Waals surface area contributed by atoms with Gasteiger partial charge < -0.3 is 9.88 Å². The fraction of sp³-hybridized carbons (Fsp3) is 0.143. The Hall–Kier alpha value is -1.88. The molecule has 0 atom stereocenters. The maximum absolute atomic E-state index is 11.9. The van der Waals surface area contributed by atoms with Crippen LogP contribution in [0.1, 0.15) is 11.4 Å². The van der Waals surface area contributed by atoms with Gasteiger partial charge in [-0.15, -0.1) is 0 Å². The third-order valence-electron chi connectivity index (χ3n) is 2.63. The van der Waals surface area contributed by atoms with Crippen LogP contribution in [0.4, 0.5) is 0 Å². The lowest BCUT2D eigenvalue weighted by atomic mass is 10.2. The van der Waals surface area contributed by atoms with Gasteiger partial charge in [0.1, 0.15) is 5.82 Å². The summed E-state index contributed by atoms with van der Waals surface area (Å²) in [4.78, 5) is 20.6. The van der Waals surface area contributed by atoms with Crippen molar-refractivity contribution in [3.63, 3.8) is 0 Å². The van der Waals surface area contributed by atoms with Gasteiger partial charge in [-0.1, -0.05) is 34.1 Å². The van der Waals surface area contributed by atoms with E-state index in [0.717, 1.165) is 15.9 Å². The SMILES string of the molecule is CN(Cc1ncc[nH]1)C(=O)C=Cc1ccccc1Br. The molecule has 0 aliphatic rings. The minimum atomic E-state index is -0.0628. The monoisotopic (exact) mass is 319 g/mol. The second-order valence-electron chi connectivity index (χ2n) is 4.09. The highest BCUT2D eigenvalue weighted by Crippen LogP contribution is 2.17. The topological polar surface area (TPSA) is 49.0 Å². The number of nitrogens with one attached hydrogen (secondary N) is 1. The summed E-state index contributed by atoms with van der Waals surface area (Å²) < 4.78 is 0.965. The molecule has 19 heavy (non-hydrogen) atoms. The number of carbonyl (C=O) groups excluding carboxylic acids is 1. The number of aromatic nitrogens is 2. The van der Waals surface area contributed by atoms with Crippen molar-refractivity contribution in [2.24, 2.45) is 0 Å². The van der Waals surface area contributed by atoms with Crippen LogP contribution in [0.25, 0.3) is 6.08 Å². The fourth-order valence-electron chi connectivity index (χ4n) is 1.59. The second-order valence-corrected chi connectivity index (χ2v) is 4.94. The minimum Gasteiger partial charge on any atom is -0.347 e. The Balaban J connectivity index is 1.99. The van der Waals surface area contributed by atoms with E-state index in [2.05, 4.69) is 25.9 Å². The van der Waals surface area contributed by atoms with Gasteiger partial charge in [-0.05, 0) is 17.7 Å². The number of imidazole rings is 1. The molecule has 5 heteroatoms. The highest BCUT2D eigenvalue weighted by atomic mass is 79.9. The smallest absolute Gasteiger partial charge is 0.246 e. The Bertz CT molecular complexity index is 578. The summed E-state index contributed by atoms with van der Waals surface area (Å²) in [6.45, 7) is 0.464. The van der Waals surface area contributed by atoms with Crippen LogP contribution >= 0.6 is 15.9 Å². The molecule has 0 aliphatic carbocycles. The molecule has 2 rings (SSSR count). The summed E-state index contributed by atoms with van der Waals surface area (Å²) in [5.41, 5.74) is 0.974. The van der Waals surface area contributed by atoms with Gasteiger partial charge in [-0.25, -0.2) is 4.98 Å². The van der Waals surface area contributed by atoms with Crippen molar-refractivity contribution in [1.82, 2.24) is 14.9 Å². The predicted molar refractivity (Wildman–Crippen MR) is 78.2 cm³/mol. The third kappa shape index (κ3) is 3.79. The highest BCUT2D eigenvalue weighted by molar-refractivity contribution is 9.10. The molecule has 0 fully saturated rings. The van der Waals surface area contributed by atoms with Crippen molar-refractivity contribution in [2.45, 2.75) is 6.54 Å². The summed E-state index contributed by atoms with van der Waals surface area (Å²) in [5, 5.41) is 0. The van der Waals surface area contributed by atoms with Gasteiger partial charge in [0.25, 0.3) is 0 Å². The Morgan fingerprint density at radius 2 is 2.26 bits per heavy atom. The Morgan fingerprint density at radius 1 is 1.47 bits per heavy atom. The molecule has 98 valence electrons. The Kier molecular flexibility index (Phi) is 4.52. The largest absolute Gasteiger partial charge is 0.347 e. The van der Waals surface area contributed by atoms with Gasteiger partial charge in [0.05, 0.1) is 6.54 Å². The van der Waals surface area contributed by atoms with E-state index in [-0.39, 0.29) is 5.91 Å². The number of nitrogens with zero attached hydrogens (tertiary/aromatic N) is 2. The zero-order chi connectivity index (χ0) is 13.7. The molecule has 1 N–H and O–H groups in total. The number of aromatic amines is 1. The van der Waals surface area contributed by atoms with Crippen LogP contribution in [0.3, 0.4) is 0 Å². The molecule has 0 saturated heterocycles. The molecule has 0 unspecified atom stereocenters. The van der Waals surface area contributed by atoms with Crippen LogP contribution in [0.15, 0.2) is 47.2 Å². The van der Waals surface area contributed by atoms with Crippen LogP contribution in [0.5, 0.6) is 0 Å². The maximum Gasteiger partial charge on any atom is 0.246 e. The summed E-state index contributed by atoms with van der Waals surface area (Å²) in [5.74, 6) is 0.706. The molecule has 0 saturated carbocycles. The van der Waals surface area contributed by atoms with Crippen molar-refractivity contribution in [2.75, 3.05) is 7.05 Å². The average Bonchev–Trinajstić information content (AvgIpc) is 2.90. The number of benzene rings is 1. The van der Waals surface area contributed by atoms with E-state index in [0.29, 0.717) is 6.54 Å². The van der Waals surface area contributed by atoms with Crippen molar-refractivity contribution in [3.8, 4) is 0 Å². The number of halogens is 1. The lowest BCUT2D eigenvalue weighted by Gasteiger charge is -2.13.